The number of halogens is 1. The van der Waals surface area contributed by atoms with E-state index in [9.17, 15) is 9.59 Å². The maximum atomic E-state index is 13.8. The minimum absolute atomic E-state index is 0.220. The first-order valence-electron chi connectivity index (χ1n) is 11.7. The fourth-order valence-electron chi connectivity index (χ4n) is 4.34. The molecule has 0 bridgehead atoms. The largest absolute Gasteiger partial charge is 0.378 e. The number of anilines is 2. The second-order valence-corrected chi connectivity index (χ2v) is 10.3. The summed E-state index contributed by atoms with van der Waals surface area (Å²) in [6.07, 6.45) is 1.86. The molecule has 0 unspecified atom stereocenters. The quantitative estimate of drug-likeness (QED) is 0.412. The Bertz CT molecular complexity index is 1690. The maximum Gasteiger partial charge on any atom is 0.271 e. The highest BCUT2D eigenvalue weighted by Gasteiger charge is 2.33. The van der Waals surface area contributed by atoms with E-state index < -0.39 is 6.04 Å². The molecule has 0 fully saturated rings. The number of carbonyl (C=O) groups excluding carboxylic acids is 1. The molecule has 6 nitrogen and oxygen atoms in total. The molecule has 1 aromatic heterocycles. The van der Waals surface area contributed by atoms with Gasteiger partial charge in [-0.3, -0.25) is 14.2 Å². The first-order chi connectivity index (χ1) is 17.8. The molecule has 0 saturated heterocycles. The van der Waals surface area contributed by atoms with E-state index in [0.717, 1.165) is 11.3 Å². The highest BCUT2D eigenvalue weighted by atomic mass is 35.5. The van der Waals surface area contributed by atoms with E-state index in [2.05, 4.69) is 10.3 Å². The van der Waals surface area contributed by atoms with Crippen molar-refractivity contribution in [2.75, 3.05) is 24.3 Å². The predicted octanol–water partition coefficient (Wildman–Crippen LogP) is 4.59. The van der Waals surface area contributed by atoms with Crippen LogP contribution in [0.25, 0.3) is 6.08 Å². The molecule has 0 radical (unpaired) electrons. The van der Waals surface area contributed by atoms with E-state index >= 15 is 0 Å². The third-order valence-corrected chi connectivity index (χ3v) is 7.53. The van der Waals surface area contributed by atoms with Gasteiger partial charge in [0.1, 0.15) is 0 Å². The summed E-state index contributed by atoms with van der Waals surface area (Å²) in [5, 5.41) is 3.42. The van der Waals surface area contributed by atoms with Gasteiger partial charge in [0, 0.05) is 30.5 Å². The Hall–Kier alpha value is -3.94. The summed E-state index contributed by atoms with van der Waals surface area (Å²) in [5.74, 6) is -0.328. The van der Waals surface area contributed by atoms with Crippen LogP contribution in [0.15, 0.2) is 99.9 Å². The fourth-order valence-corrected chi connectivity index (χ4v) is 5.63. The SMILES string of the molecule is CC1=C(C(=O)Nc2ccccc2)[C@@H](c2ccccc2Cl)n2c(s/c(=C/c3ccc(N(C)C)cc3)c2=O)=N1. The lowest BCUT2D eigenvalue weighted by Gasteiger charge is -2.26. The van der Waals surface area contributed by atoms with Crippen LogP contribution in [0, 0.1) is 0 Å². The zero-order chi connectivity index (χ0) is 26.1. The molecule has 1 atom stereocenters. The summed E-state index contributed by atoms with van der Waals surface area (Å²) in [6, 6.07) is 23.7. The number of carbonyl (C=O) groups is 1. The molecule has 4 aromatic rings. The summed E-state index contributed by atoms with van der Waals surface area (Å²) in [4.78, 5) is 34.6. The van der Waals surface area contributed by atoms with E-state index in [4.69, 9.17) is 11.6 Å². The van der Waals surface area contributed by atoms with Crippen LogP contribution in [0.4, 0.5) is 11.4 Å². The average Bonchev–Trinajstić information content (AvgIpc) is 3.18. The first-order valence-corrected chi connectivity index (χ1v) is 12.9. The molecule has 5 rings (SSSR count). The normalized spacial score (nSPS) is 15.2. The molecule has 2 heterocycles. The van der Waals surface area contributed by atoms with Gasteiger partial charge in [-0.05, 0) is 54.5 Å². The van der Waals surface area contributed by atoms with Crippen molar-refractivity contribution < 1.29 is 4.79 Å². The number of allylic oxidation sites excluding steroid dienone is 1. The van der Waals surface area contributed by atoms with Gasteiger partial charge in [0.25, 0.3) is 11.5 Å². The highest BCUT2D eigenvalue weighted by molar-refractivity contribution is 7.07. The Kier molecular flexibility index (Phi) is 6.82. The molecule has 0 spiro atoms. The van der Waals surface area contributed by atoms with Crippen molar-refractivity contribution in [3.8, 4) is 0 Å². The lowest BCUT2D eigenvalue weighted by Crippen LogP contribution is -2.40. The van der Waals surface area contributed by atoms with Crippen molar-refractivity contribution in [2.45, 2.75) is 13.0 Å². The molecule has 1 amide bonds. The number of thiazole rings is 1. The van der Waals surface area contributed by atoms with Crippen LogP contribution in [-0.2, 0) is 4.79 Å². The van der Waals surface area contributed by atoms with E-state index in [-0.39, 0.29) is 11.5 Å². The minimum atomic E-state index is -0.716. The molecule has 0 saturated carbocycles. The zero-order valence-electron chi connectivity index (χ0n) is 20.6. The number of benzene rings is 3. The molecule has 1 aliphatic heterocycles. The van der Waals surface area contributed by atoms with Gasteiger partial charge in [0.15, 0.2) is 4.80 Å². The summed E-state index contributed by atoms with van der Waals surface area (Å²) in [6.45, 7) is 1.79. The Labute approximate surface area is 223 Å². The van der Waals surface area contributed by atoms with Crippen molar-refractivity contribution >= 4 is 46.3 Å². The van der Waals surface area contributed by atoms with Gasteiger partial charge in [-0.25, -0.2) is 4.99 Å². The standard InChI is InChI=1S/C29H25ClN4O2S/c1-18-25(27(35)32-20-9-5-4-6-10-20)26(22-11-7-8-12-23(22)30)34-28(36)24(37-29(34)31-18)17-19-13-15-21(16-14-19)33(2)3/h4-17,26H,1-3H3,(H,32,35)/b24-17+/t26-/m1/s1. The molecule has 186 valence electrons. The molecular weight excluding hydrogens is 504 g/mol. The minimum Gasteiger partial charge on any atom is -0.378 e. The Balaban J connectivity index is 1.66. The molecule has 1 aliphatic rings. The number of amides is 1. The second-order valence-electron chi connectivity index (χ2n) is 8.91. The van der Waals surface area contributed by atoms with Crippen molar-refractivity contribution in [2.24, 2.45) is 4.99 Å². The number of hydrogen-bond acceptors (Lipinski definition) is 5. The topological polar surface area (TPSA) is 66.7 Å². The number of rotatable bonds is 5. The summed E-state index contributed by atoms with van der Waals surface area (Å²) >= 11 is 7.92. The second kappa shape index (κ2) is 10.2. The number of aromatic nitrogens is 1. The maximum absolute atomic E-state index is 13.8. The van der Waals surface area contributed by atoms with E-state index in [1.54, 1.807) is 17.6 Å². The zero-order valence-corrected chi connectivity index (χ0v) is 22.2. The average molecular weight is 529 g/mol. The van der Waals surface area contributed by atoms with Crippen molar-refractivity contribution in [1.29, 1.82) is 0 Å². The molecule has 1 N–H and O–H groups in total. The van der Waals surface area contributed by atoms with Crippen LogP contribution in [0.1, 0.15) is 24.1 Å². The third kappa shape index (κ3) is 4.88. The van der Waals surface area contributed by atoms with Crippen LogP contribution < -0.4 is 25.1 Å². The van der Waals surface area contributed by atoms with Gasteiger partial charge in [0.05, 0.1) is 21.8 Å². The van der Waals surface area contributed by atoms with E-state index in [1.165, 1.54) is 11.3 Å². The lowest BCUT2D eigenvalue weighted by atomic mass is 9.95. The summed E-state index contributed by atoms with van der Waals surface area (Å²) in [5.41, 5.74) is 4.00. The molecule has 37 heavy (non-hydrogen) atoms. The smallest absolute Gasteiger partial charge is 0.271 e. The van der Waals surface area contributed by atoms with Crippen LogP contribution in [0.2, 0.25) is 5.02 Å². The van der Waals surface area contributed by atoms with Crippen LogP contribution in [-0.4, -0.2) is 24.6 Å². The van der Waals surface area contributed by atoms with Crippen molar-refractivity contribution in [1.82, 2.24) is 4.57 Å². The van der Waals surface area contributed by atoms with Crippen molar-refractivity contribution in [3.63, 3.8) is 0 Å². The monoisotopic (exact) mass is 528 g/mol. The van der Waals surface area contributed by atoms with Gasteiger partial charge >= 0.3 is 0 Å². The predicted molar refractivity (Wildman–Crippen MR) is 151 cm³/mol. The highest BCUT2D eigenvalue weighted by Crippen LogP contribution is 2.34. The number of nitrogens with zero attached hydrogens (tertiary/aromatic N) is 3. The Morgan fingerprint density at radius 1 is 1.03 bits per heavy atom. The fraction of sp³-hybridized carbons (Fsp3) is 0.138. The van der Waals surface area contributed by atoms with Crippen LogP contribution in [0.3, 0.4) is 0 Å². The van der Waals surface area contributed by atoms with Gasteiger partial charge in [0.2, 0.25) is 0 Å². The van der Waals surface area contributed by atoms with Gasteiger partial charge < -0.3 is 10.2 Å². The number of fused-ring (bicyclic) bond motifs is 1. The number of nitrogens with one attached hydrogen (secondary N) is 1. The lowest BCUT2D eigenvalue weighted by molar-refractivity contribution is -0.113. The molecule has 3 aromatic carbocycles. The van der Waals surface area contributed by atoms with Crippen LogP contribution >= 0.6 is 22.9 Å². The van der Waals surface area contributed by atoms with Gasteiger partial charge in [-0.1, -0.05) is 71.5 Å². The molecule has 8 heteroatoms. The summed E-state index contributed by atoms with van der Waals surface area (Å²) < 4.78 is 2.12. The summed E-state index contributed by atoms with van der Waals surface area (Å²) in [7, 11) is 3.96. The van der Waals surface area contributed by atoms with Crippen LogP contribution in [0.5, 0.6) is 0 Å². The van der Waals surface area contributed by atoms with E-state index in [1.807, 2.05) is 97.9 Å². The van der Waals surface area contributed by atoms with E-state index in [0.29, 0.717) is 36.9 Å². The first kappa shape index (κ1) is 24.7. The molecule has 0 aliphatic carbocycles. The molecular formula is C29H25ClN4O2S. The Morgan fingerprint density at radius 2 is 1.70 bits per heavy atom. The van der Waals surface area contributed by atoms with Gasteiger partial charge in [-0.2, -0.15) is 0 Å². The number of para-hydroxylation sites is 1. The van der Waals surface area contributed by atoms with Crippen molar-refractivity contribution in [3.05, 3.63) is 126 Å². The third-order valence-electron chi connectivity index (χ3n) is 6.21. The Morgan fingerprint density at radius 3 is 2.38 bits per heavy atom. The number of hydrogen-bond donors (Lipinski definition) is 1. The van der Waals surface area contributed by atoms with Gasteiger partial charge in [-0.15, -0.1) is 0 Å².